The summed E-state index contributed by atoms with van der Waals surface area (Å²) in [5.41, 5.74) is -0.975. The first-order chi connectivity index (χ1) is 26.0. The van der Waals surface area contributed by atoms with E-state index in [0.717, 1.165) is 77.7 Å². The molecule has 7 aliphatic rings. The maximum atomic E-state index is 12.9. The maximum Gasteiger partial charge on any atom is 0.410 e. The number of hydrogen-bond acceptors (Lipinski definition) is 10. The predicted octanol–water partition coefficient (Wildman–Crippen LogP) is 4.12. The third-order valence-corrected chi connectivity index (χ3v) is 11.7. The summed E-state index contributed by atoms with van der Waals surface area (Å²) in [5, 5.41) is 12.1. The van der Waals surface area contributed by atoms with E-state index in [1.54, 1.807) is 9.80 Å². The van der Waals surface area contributed by atoms with Crippen molar-refractivity contribution >= 4 is 30.0 Å². The molecule has 4 unspecified atom stereocenters. The number of nitrogens with zero attached hydrogens (tertiary/aromatic N) is 4. The Morgan fingerprint density at radius 3 is 1.18 bits per heavy atom. The minimum Gasteiger partial charge on any atom is -0.481 e. The first kappa shape index (κ1) is 43.0. The van der Waals surface area contributed by atoms with Crippen molar-refractivity contribution in [2.75, 3.05) is 65.7 Å². The average molecular weight is 778 g/mol. The Labute approximate surface area is 327 Å². The number of carboxylic acid groups (broad SMARTS) is 1. The van der Waals surface area contributed by atoms with Crippen LogP contribution in [0, 0.1) is 17.8 Å². The second kappa shape index (κ2) is 18.8. The second-order valence-electron chi connectivity index (χ2n) is 18.2. The molecule has 0 aromatic carbocycles. The van der Waals surface area contributed by atoms with Crippen LogP contribution in [-0.4, -0.2) is 156 Å². The molecule has 4 amide bonds. The van der Waals surface area contributed by atoms with Gasteiger partial charge in [-0.1, -0.05) is 0 Å². The summed E-state index contributed by atoms with van der Waals surface area (Å²) in [7, 11) is 0. The van der Waals surface area contributed by atoms with Crippen LogP contribution in [0.2, 0.25) is 0 Å². The molecular formula is C40H67N5O10. The van der Waals surface area contributed by atoms with Gasteiger partial charge in [-0.05, 0) is 119 Å². The molecule has 4 bridgehead atoms. The smallest absolute Gasteiger partial charge is 0.410 e. The lowest BCUT2D eigenvalue weighted by Gasteiger charge is -2.39. The molecule has 7 heterocycles. The van der Waals surface area contributed by atoms with Crippen molar-refractivity contribution in [1.29, 1.82) is 0 Å². The van der Waals surface area contributed by atoms with Gasteiger partial charge in [0.25, 0.3) is 0 Å². The summed E-state index contributed by atoms with van der Waals surface area (Å²) in [6.07, 6.45) is 8.28. The lowest BCUT2D eigenvalue weighted by molar-refractivity contribution is -0.147. The Morgan fingerprint density at radius 1 is 0.527 bits per heavy atom. The SMILES string of the molecule is CC(C)(C)OC(=O)N1CCC(C(=O)N2C3CCC2COC3)CC1.CC(C)(C)OC(=O)N1CCC(C(=O)O)CC1.O=C(C1CCNCC1)N1C2CCC1COC2. The molecule has 0 saturated carbocycles. The van der Waals surface area contributed by atoms with Crippen molar-refractivity contribution < 1.29 is 48.0 Å². The monoisotopic (exact) mass is 777 g/mol. The molecular weight excluding hydrogens is 710 g/mol. The number of fused-ring (bicyclic) bond motifs is 4. The molecule has 7 saturated heterocycles. The first-order valence-electron chi connectivity index (χ1n) is 20.7. The minimum atomic E-state index is -0.774. The summed E-state index contributed by atoms with van der Waals surface area (Å²) in [6, 6.07) is 1.29. The zero-order chi connectivity index (χ0) is 39.9. The van der Waals surface area contributed by atoms with Crippen LogP contribution in [0.3, 0.4) is 0 Å². The van der Waals surface area contributed by atoms with Crippen molar-refractivity contribution in [3.8, 4) is 0 Å². The van der Waals surface area contributed by atoms with Gasteiger partial charge in [-0.3, -0.25) is 14.4 Å². The number of carboxylic acids is 1. The zero-order valence-corrected chi connectivity index (χ0v) is 34.1. The Kier molecular flexibility index (Phi) is 14.7. The quantitative estimate of drug-likeness (QED) is 0.423. The van der Waals surface area contributed by atoms with Crippen molar-refractivity contribution in [3.63, 3.8) is 0 Å². The fraction of sp³-hybridized carbons (Fsp3) is 0.875. The van der Waals surface area contributed by atoms with Crippen LogP contribution in [-0.2, 0) is 33.3 Å². The molecule has 0 aliphatic carbocycles. The Bertz CT molecular complexity index is 1300. The van der Waals surface area contributed by atoms with Gasteiger partial charge in [-0.15, -0.1) is 0 Å². The van der Waals surface area contributed by atoms with E-state index < -0.39 is 17.2 Å². The highest BCUT2D eigenvalue weighted by Gasteiger charge is 2.44. The van der Waals surface area contributed by atoms with Gasteiger partial charge in [0.05, 0.1) is 56.5 Å². The Balaban J connectivity index is 0.000000163. The summed E-state index contributed by atoms with van der Waals surface area (Å²) in [6.45, 7) is 18.1. The molecule has 7 aliphatic heterocycles. The van der Waals surface area contributed by atoms with Crippen LogP contribution in [0.15, 0.2) is 0 Å². The number of carbonyl (C=O) groups is 5. The van der Waals surface area contributed by atoms with Gasteiger partial charge in [0, 0.05) is 38.0 Å². The summed E-state index contributed by atoms with van der Waals surface area (Å²) in [5.74, 6) is -0.123. The fourth-order valence-corrected chi connectivity index (χ4v) is 8.74. The topological polar surface area (TPSA) is 167 Å². The molecule has 0 aromatic rings. The molecule has 7 fully saturated rings. The van der Waals surface area contributed by atoms with Crippen molar-refractivity contribution in [1.82, 2.24) is 24.9 Å². The van der Waals surface area contributed by atoms with Crippen LogP contribution < -0.4 is 5.32 Å². The molecule has 0 radical (unpaired) electrons. The van der Waals surface area contributed by atoms with E-state index in [4.69, 9.17) is 24.1 Å². The van der Waals surface area contributed by atoms with Gasteiger partial charge in [0.1, 0.15) is 11.2 Å². The summed E-state index contributed by atoms with van der Waals surface area (Å²) < 4.78 is 21.7. The molecule has 0 spiro atoms. The van der Waals surface area contributed by atoms with E-state index in [9.17, 15) is 24.0 Å². The van der Waals surface area contributed by atoms with E-state index in [-0.39, 0.29) is 47.9 Å². The normalized spacial score (nSPS) is 27.7. The lowest BCUT2D eigenvalue weighted by Crippen LogP contribution is -2.53. The van der Waals surface area contributed by atoms with Crippen molar-refractivity contribution in [3.05, 3.63) is 0 Å². The first-order valence-corrected chi connectivity index (χ1v) is 20.7. The van der Waals surface area contributed by atoms with Crippen molar-refractivity contribution in [2.24, 2.45) is 17.8 Å². The largest absolute Gasteiger partial charge is 0.481 e. The van der Waals surface area contributed by atoms with Crippen LogP contribution in [0.25, 0.3) is 0 Å². The number of amides is 4. The average Bonchev–Trinajstić information content (AvgIpc) is 3.54. The highest BCUT2D eigenvalue weighted by atomic mass is 16.6. The molecule has 0 aromatic heterocycles. The van der Waals surface area contributed by atoms with Gasteiger partial charge >= 0.3 is 18.2 Å². The second-order valence-corrected chi connectivity index (χ2v) is 18.2. The van der Waals surface area contributed by atoms with Crippen LogP contribution in [0.4, 0.5) is 9.59 Å². The molecule has 2 N–H and O–H groups in total. The van der Waals surface area contributed by atoms with Crippen LogP contribution in [0.5, 0.6) is 0 Å². The van der Waals surface area contributed by atoms with Crippen LogP contribution in [0.1, 0.15) is 106 Å². The van der Waals surface area contributed by atoms with Crippen molar-refractivity contribution in [2.45, 2.75) is 141 Å². The minimum absolute atomic E-state index is 0.0369. The predicted molar refractivity (Wildman–Crippen MR) is 203 cm³/mol. The summed E-state index contributed by atoms with van der Waals surface area (Å²) in [4.78, 5) is 67.3. The number of ether oxygens (including phenoxy) is 4. The molecule has 55 heavy (non-hydrogen) atoms. The van der Waals surface area contributed by atoms with Gasteiger partial charge in [0.15, 0.2) is 0 Å². The maximum absolute atomic E-state index is 12.9. The number of nitrogens with one attached hydrogen (secondary N) is 1. The molecule has 15 heteroatoms. The Morgan fingerprint density at radius 2 is 0.855 bits per heavy atom. The number of carbonyl (C=O) groups excluding carboxylic acids is 4. The van der Waals surface area contributed by atoms with E-state index in [1.165, 1.54) is 0 Å². The Hall–Kier alpha value is -3.17. The molecule has 4 atom stereocenters. The zero-order valence-electron chi connectivity index (χ0n) is 34.1. The molecule has 15 nitrogen and oxygen atoms in total. The molecule has 7 rings (SSSR count). The highest BCUT2D eigenvalue weighted by Crippen LogP contribution is 2.33. The number of morpholine rings is 2. The van der Waals surface area contributed by atoms with E-state index in [1.807, 2.05) is 41.5 Å². The van der Waals surface area contributed by atoms with Gasteiger partial charge in [-0.25, -0.2) is 9.59 Å². The fourth-order valence-electron chi connectivity index (χ4n) is 8.74. The lowest BCUT2D eigenvalue weighted by atomic mass is 9.94. The third-order valence-electron chi connectivity index (χ3n) is 11.7. The van der Waals surface area contributed by atoms with E-state index >= 15 is 0 Å². The standard InChI is InChI=1S/C17H28N2O4.C12H20N2O2.C11H19NO4/c1-17(2,3)23-16(21)18-8-6-12(7-9-18)15(20)19-13-4-5-14(19)11-22-10-13;15-12(9-3-5-13-6-4-9)14-10-1-2-11(14)8-16-7-10;1-11(2,3)16-10(15)12-6-4-8(5-7-12)9(13)14/h12-14H,4-11H2,1-3H3;9-11,13H,1-8H2;8H,4-7H2,1-3H3,(H,13,14). The number of aliphatic carboxylic acids is 1. The van der Waals surface area contributed by atoms with E-state index in [2.05, 4.69) is 15.1 Å². The summed E-state index contributed by atoms with van der Waals surface area (Å²) >= 11 is 0. The third kappa shape index (κ3) is 11.9. The number of likely N-dealkylation sites (tertiary alicyclic amines) is 2. The van der Waals surface area contributed by atoms with Gasteiger partial charge in [-0.2, -0.15) is 0 Å². The number of hydrogen-bond donors (Lipinski definition) is 2. The van der Waals surface area contributed by atoms with Gasteiger partial charge in [0.2, 0.25) is 11.8 Å². The molecule has 312 valence electrons. The van der Waals surface area contributed by atoms with Gasteiger partial charge < -0.3 is 49.0 Å². The highest BCUT2D eigenvalue weighted by molar-refractivity contribution is 5.81. The number of piperidine rings is 3. The number of rotatable bonds is 3. The van der Waals surface area contributed by atoms with Crippen LogP contribution >= 0.6 is 0 Å². The van der Waals surface area contributed by atoms with E-state index in [0.29, 0.717) is 70.2 Å².